The van der Waals surface area contributed by atoms with Gasteiger partial charge in [-0.05, 0) is 24.3 Å². The van der Waals surface area contributed by atoms with Gasteiger partial charge in [-0.1, -0.05) is 75.9 Å². The van der Waals surface area contributed by atoms with Crippen LogP contribution in [0.15, 0.2) is 54.3 Å². The van der Waals surface area contributed by atoms with Gasteiger partial charge in [0, 0.05) is 29.0 Å². The van der Waals surface area contributed by atoms with Crippen LogP contribution in [0.5, 0.6) is 0 Å². The van der Waals surface area contributed by atoms with Crippen molar-refractivity contribution in [3.63, 3.8) is 0 Å². The van der Waals surface area contributed by atoms with Gasteiger partial charge in [-0.3, -0.25) is 4.79 Å². The molecule has 0 aliphatic carbocycles. The quantitative estimate of drug-likeness (QED) is 0.302. The largest absolute Gasteiger partial charge is 0.402 e. The molecular weight excluding hydrogens is 654 g/mol. The van der Waals surface area contributed by atoms with E-state index in [4.69, 9.17) is 0 Å². The van der Waals surface area contributed by atoms with E-state index in [1.54, 1.807) is 0 Å². The summed E-state index contributed by atoms with van der Waals surface area (Å²) in [6, 6.07) is 7.68. The average molecular weight is 662 g/mol. The lowest BCUT2D eigenvalue weighted by Crippen LogP contribution is -2.38. The van der Waals surface area contributed by atoms with E-state index in [0.29, 0.717) is 0 Å². The lowest BCUT2D eigenvalue weighted by atomic mass is 9.82. The maximum atomic E-state index is 13.8. The third kappa shape index (κ3) is 5.02. The molecule has 2 rings (SSSR count). The predicted octanol–water partition coefficient (Wildman–Crippen LogP) is 8.30. The van der Waals surface area contributed by atoms with Gasteiger partial charge >= 0.3 is 12.4 Å². The van der Waals surface area contributed by atoms with Gasteiger partial charge in [0.05, 0.1) is 0 Å². The number of alkyl halides is 6. The molecule has 2 aromatic rings. The van der Waals surface area contributed by atoms with Crippen molar-refractivity contribution < 1.29 is 31.1 Å². The molecule has 28 heavy (non-hydrogen) atoms. The molecule has 0 heterocycles. The first kappa shape index (κ1) is 23.9. The number of halogens is 10. The Morgan fingerprint density at radius 2 is 0.893 bits per heavy atom. The minimum absolute atomic E-state index is 0.135. The SMILES string of the molecule is O=C(C(c1c(Br)cccc1Br)C(F)(F)F)C(c1c(Br)cccc1Br)C(F)(F)F. The first-order valence-corrected chi connectivity index (χ1v) is 10.5. The Bertz CT molecular complexity index is 782. The van der Waals surface area contributed by atoms with Crippen molar-refractivity contribution in [2.75, 3.05) is 0 Å². The Balaban J connectivity index is 2.77. The van der Waals surface area contributed by atoms with E-state index in [-0.39, 0.29) is 17.9 Å². The molecule has 0 saturated heterocycles. The second-order valence-electron chi connectivity index (χ2n) is 5.62. The fraction of sp³-hybridized carbons (Fsp3) is 0.235. The molecule has 1 nitrogen and oxygen atoms in total. The Morgan fingerprint density at radius 3 is 1.11 bits per heavy atom. The third-order valence-corrected chi connectivity index (χ3v) is 6.57. The zero-order chi connectivity index (χ0) is 21.4. The third-order valence-electron chi connectivity index (χ3n) is 3.80. The van der Waals surface area contributed by atoms with Crippen LogP contribution in [0.3, 0.4) is 0 Å². The zero-order valence-electron chi connectivity index (χ0n) is 13.3. The summed E-state index contributed by atoms with van der Waals surface area (Å²) in [6.45, 7) is 0. The van der Waals surface area contributed by atoms with Crippen LogP contribution >= 0.6 is 63.7 Å². The molecule has 0 saturated carbocycles. The van der Waals surface area contributed by atoms with E-state index < -0.39 is 41.1 Å². The van der Waals surface area contributed by atoms with Crippen LogP contribution in [-0.4, -0.2) is 18.1 Å². The van der Waals surface area contributed by atoms with Crippen LogP contribution in [0.4, 0.5) is 26.3 Å². The smallest absolute Gasteiger partial charge is 0.298 e. The van der Waals surface area contributed by atoms with Crippen molar-refractivity contribution >= 4 is 69.5 Å². The Kier molecular flexibility index (Phi) is 7.48. The van der Waals surface area contributed by atoms with Gasteiger partial charge in [0.1, 0.15) is 11.8 Å². The number of carbonyl (C=O) groups excluding carboxylic acids is 1. The normalized spacial score (nSPS) is 14.6. The summed E-state index contributed by atoms with van der Waals surface area (Å²) < 4.78 is 82.4. The molecule has 0 amide bonds. The van der Waals surface area contributed by atoms with Gasteiger partial charge in [-0.25, -0.2) is 0 Å². The number of hydrogen-bond acceptors (Lipinski definition) is 1. The number of carbonyl (C=O) groups is 1. The molecule has 0 aromatic heterocycles. The number of ketones is 1. The number of Topliss-reactive ketones (excluding diaryl/α,β-unsaturated/α-hetero) is 1. The van der Waals surface area contributed by atoms with Crippen molar-refractivity contribution in [1.29, 1.82) is 0 Å². The molecule has 152 valence electrons. The molecule has 2 unspecified atom stereocenters. The van der Waals surface area contributed by atoms with Crippen LogP contribution in [0, 0.1) is 0 Å². The maximum Gasteiger partial charge on any atom is 0.402 e. The highest BCUT2D eigenvalue weighted by atomic mass is 79.9. The summed E-state index contributed by atoms with van der Waals surface area (Å²) in [6.07, 6.45) is -10.5. The van der Waals surface area contributed by atoms with Crippen LogP contribution in [0.1, 0.15) is 23.0 Å². The van der Waals surface area contributed by atoms with Crippen LogP contribution < -0.4 is 0 Å². The second kappa shape index (κ2) is 8.77. The lowest BCUT2D eigenvalue weighted by Gasteiger charge is -2.28. The fourth-order valence-corrected chi connectivity index (χ4v) is 5.59. The van der Waals surface area contributed by atoms with E-state index in [0.717, 1.165) is 0 Å². The minimum atomic E-state index is -5.25. The van der Waals surface area contributed by atoms with Crippen LogP contribution in [0.2, 0.25) is 0 Å². The topological polar surface area (TPSA) is 17.1 Å². The highest BCUT2D eigenvalue weighted by Crippen LogP contribution is 2.50. The summed E-state index contributed by atoms with van der Waals surface area (Å²) in [5.74, 6) is -8.02. The lowest BCUT2D eigenvalue weighted by molar-refractivity contribution is -0.184. The van der Waals surface area contributed by atoms with Crippen molar-refractivity contribution in [3.05, 3.63) is 65.4 Å². The summed E-state index contributed by atoms with van der Waals surface area (Å²) in [5.41, 5.74) is -1.23. The first-order valence-electron chi connectivity index (χ1n) is 7.31. The summed E-state index contributed by atoms with van der Waals surface area (Å²) in [4.78, 5) is 12.8. The molecule has 2 atom stereocenters. The Labute approximate surface area is 189 Å². The molecule has 0 N–H and O–H groups in total. The highest BCUT2D eigenvalue weighted by molar-refractivity contribution is 9.11. The minimum Gasteiger partial charge on any atom is -0.298 e. The van der Waals surface area contributed by atoms with Crippen molar-refractivity contribution in [2.24, 2.45) is 0 Å². The van der Waals surface area contributed by atoms with Gasteiger partial charge in [-0.2, -0.15) is 26.3 Å². The van der Waals surface area contributed by atoms with Crippen LogP contribution in [-0.2, 0) is 4.79 Å². The van der Waals surface area contributed by atoms with Gasteiger partial charge in [0.2, 0.25) is 0 Å². The molecule has 2 aromatic carbocycles. The zero-order valence-corrected chi connectivity index (χ0v) is 19.7. The molecular formula is C17H8Br4F6O. The second-order valence-corrected chi connectivity index (χ2v) is 9.04. The molecule has 0 aliphatic heterocycles. The molecule has 0 aliphatic rings. The number of benzene rings is 2. The fourth-order valence-electron chi connectivity index (χ4n) is 2.67. The van der Waals surface area contributed by atoms with Gasteiger partial charge in [0.15, 0.2) is 5.78 Å². The van der Waals surface area contributed by atoms with Crippen molar-refractivity contribution in [2.45, 2.75) is 24.2 Å². The summed E-state index contributed by atoms with van der Waals surface area (Å²) in [5, 5.41) is 0. The standard InChI is InChI=1S/C17H8Br4F6O/c18-7-3-1-4-8(19)11(7)13(16(22,23)24)15(28)14(17(25,26)27)12-9(20)5-2-6-10(12)21/h1-6,13-14H. The number of hydrogen-bond donors (Lipinski definition) is 0. The predicted molar refractivity (Wildman–Crippen MR) is 106 cm³/mol. The Morgan fingerprint density at radius 1 is 0.643 bits per heavy atom. The van der Waals surface area contributed by atoms with E-state index >= 15 is 0 Å². The molecule has 0 fully saturated rings. The van der Waals surface area contributed by atoms with Gasteiger partial charge < -0.3 is 0 Å². The monoisotopic (exact) mass is 658 g/mol. The number of rotatable bonds is 4. The van der Waals surface area contributed by atoms with Crippen LogP contribution in [0.25, 0.3) is 0 Å². The van der Waals surface area contributed by atoms with E-state index in [9.17, 15) is 31.1 Å². The summed E-state index contributed by atoms with van der Waals surface area (Å²) >= 11 is 11.6. The first-order chi connectivity index (χ1) is 12.8. The van der Waals surface area contributed by atoms with Crippen molar-refractivity contribution in [1.82, 2.24) is 0 Å². The molecule has 0 spiro atoms. The molecule has 0 bridgehead atoms. The molecule has 0 radical (unpaired) electrons. The maximum absolute atomic E-state index is 13.8. The van der Waals surface area contributed by atoms with E-state index in [1.807, 2.05) is 0 Å². The van der Waals surface area contributed by atoms with E-state index in [1.165, 1.54) is 36.4 Å². The van der Waals surface area contributed by atoms with Gasteiger partial charge in [-0.15, -0.1) is 0 Å². The van der Waals surface area contributed by atoms with E-state index in [2.05, 4.69) is 63.7 Å². The van der Waals surface area contributed by atoms with Crippen molar-refractivity contribution in [3.8, 4) is 0 Å². The van der Waals surface area contributed by atoms with Gasteiger partial charge in [0.25, 0.3) is 0 Å². The highest BCUT2D eigenvalue weighted by Gasteiger charge is 2.56. The molecule has 11 heteroatoms. The Hall–Kier alpha value is -0.390. The average Bonchev–Trinajstić information content (AvgIpc) is 2.51. The summed E-state index contributed by atoms with van der Waals surface area (Å²) in [7, 11) is 0.